The highest BCUT2D eigenvalue weighted by molar-refractivity contribution is 6.07. The Morgan fingerprint density at radius 3 is 1.23 bits per heavy atom. The molecule has 10 nitrogen and oxygen atoms in total. The van der Waals surface area contributed by atoms with E-state index in [2.05, 4.69) is 9.98 Å². The Morgan fingerprint density at radius 1 is 0.615 bits per heavy atom. The van der Waals surface area contributed by atoms with Crippen molar-refractivity contribution in [2.75, 3.05) is 0 Å². The van der Waals surface area contributed by atoms with Crippen molar-refractivity contribution >= 4 is 23.6 Å². The van der Waals surface area contributed by atoms with E-state index in [1.165, 1.54) is 48.5 Å². The summed E-state index contributed by atoms with van der Waals surface area (Å²) in [5.74, 6) is -3.25. The number of hydroxylamine groups is 2. The predicted molar refractivity (Wildman–Crippen MR) is 87.0 cm³/mol. The molecule has 0 unspecified atom stereocenters. The van der Waals surface area contributed by atoms with Gasteiger partial charge in [-0.15, -0.1) is 0 Å². The van der Waals surface area contributed by atoms with Gasteiger partial charge in [-0.25, -0.2) is 0 Å². The maximum absolute atomic E-state index is 11.9. The van der Waals surface area contributed by atoms with Crippen LogP contribution in [-0.4, -0.2) is 23.6 Å². The van der Waals surface area contributed by atoms with Gasteiger partial charge in [0.1, 0.15) is 0 Å². The van der Waals surface area contributed by atoms with Crippen LogP contribution in [0.1, 0.15) is 41.4 Å². The Balaban J connectivity index is 1.91. The minimum Gasteiger partial charge on any atom is -0.366 e. The van der Waals surface area contributed by atoms with Gasteiger partial charge < -0.3 is 11.5 Å². The molecule has 0 spiro atoms. The van der Waals surface area contributed by atoms with Gasteiger partial charge in [-0.3, -0.25) is 19.2 Å². The minimum absolute atomic E-state index is 0.0204. The number of benzene rings is 2. The van der Waals surface area contributed by atoms with E-state index in [0.29, 0.717) is 0 Å². The molecule has 2 aromatic carbocycles. The van der Waals surface area contributed by atoms with Gasteiger partial charge in [-0.05, 0) is 24.3 Å². The number of hydrogen-bond donors (Lipinski definition) is 4. The Kier molecular flexibility index (Phi) is 5.98. The number of amides is 4. The van der Waals surface area contributed by atoms with E-state index in [9.17, 15) is 19.2 Å². The lowest BCUT2D eigenvalue weighted by Gasteiger charge is -2.09. The van der Waals surface area contributed by atoms with Crippen molar-refractivity contribution in [2.45, 2.75) is 0 Å². The first-order valence-corrected chi connectivity index (χ1v) is 7.12. The number of rotatable bonds is 7. The number of carbonyl (C=O) groups is 4. The van der Waals surface area contributed by atoms with Gasteiger partial charge in [0.25, 0.3) is 11.8 Å². The van der Waals surface area contributed by atoms with E-state index in [1.807, 2.05) is 11.0 Å². The zero-order chi connectivity index (χ0) is 19.1. The molecule has 26 heavy (non-hydrogen) atoms. The molecule has 10 heteroatoms. The highest BCUT2D eigenvalue weighted by Gasteiger charge is 2.16. The number of carbonyl (C=O) groups excluding carboxylic acids is 4. The van der Waals surface area contributed by atoms with Crippen molar-refractivity contribution in [2.24, 2.45) is 11.5 Å². The van der Waals surface area contributed by atoms with Crippen LogP contribution in [0.5, 0.6) is 0 Å². The van der Waals surface area contributed by atoms with Crippen LogP contribution in [-0.2, 0) is 9.98 Å². The first kappa shape index (κ1) is 18.6. The van der Waals surface area contributed by atoms with Crippen LogP contribution in [0.25, 0.3) is 0 Å². The summed E-state index contributed by atoms with van der Waals surface area (Å²) in [5, 5.41) is 0. The molecular weight excluding hydrogens is 344 g/mol. The standard InChI is InChI=1S/C16H14N4O6/c17-13(21)9-5-1-3-7-11(9)15(23)19-25-26-20-16(24)12-8-4-2-6-10(12)14(18)22/h1-8H,(H2,17,21)(H2,18,22)(H,19,23)(H,20,24). The molecule has 0 saturated carbocycles. The highest BCUT2D eigenvalue weighted by Crippen LogP contribution is 2.09. The summed E-state index contributed by atoms with van der Waals surface area (Å²) in [6.45, 7) is 0. The van der Waals surface area contributed by atoms with Crippen LogP contribution >= 0.6 is 0 Å². The fraction of sp³-hybridized carbons (Fsp3) is 0. The molecule has 2 aromatic rings. The van der Waals surface area contributed by atoms with Gasteiger partial charge in [0.15, 0.2) is 0 Å². The summed E-state index contributed by atoms with van der Waals surface area (Å²) in [6.07, 6.45) is 0. The molecule has 0 aliphatic carbocycles. The van der Waals surface area contributed by atoms with Crippen molar-refractivity contribution in [3.63, 3.8) is 0 Å². The zero-order valence-electron chi connectivity index (χ0n) is 13.2. The lowest BCUT2D eigenvalue weighted by Crippen LogP contribution is -2.33. The quantitative estimate of drug-likeness (QED) is 0.305. The van der Waals surface area contributed by atoms with Crippen molar-refractivity contribution in [3.8, 4) is 0 Å². The molecule has 0 fully saturated rings. The second kappa shape index (κ2) is 8.37. The van der Waals surface area contributed by atoms with E-state index in [0.717, 1.165) is 0 Å². The van der Waals surface area contributed by atoms with E-state index in [-0.39, 0.29) is 22.3 Å². The molecule has 2 rings (SSSR count). The third kappa shape index (κ3) is 4.41. The molecule has 0 radical (unpaired) electrons. The predicted octanol–water partition coefficient (Wildman–Crippen LogP) is -0.178. The number of hydrogen-bond acceptors (Lipinski definition) is 6. The first-order chi connectivity index (χ1) is 12.4. The Labute approximate surface area is 146 Å². The number of nitrogens with two attached hydrogens (primary N) is 2. The topological polar surface area (TPSA) is 163 Å². The summed E-state index contributed by atoms with van der Waals surface area (Å²) in [6, 6.07) is 11.5. The first-order valence-electron chi connectivity index (χ1n) is 7.12. The zero-order valence-corrected chi connectivity index (χ0v) is 13.2. The molecule has 4 amide bonds. The number of nitrogens with one attached hydrogen (secondary N) is 2. The number of primary amides is 2. The van der Waals surface area contributed by atoms with Gasteiger partial charge >= 0.3 is 0 Å². The highest BCUT2D eigenvalue weighted by atomic mass is 17.3. The second-order valence-corrected chi connectivity index (χ2v) is 4.85. The van der Waals surface area contributed by atoms with E-state index in [4.69, 9.17) is 11.5 Å². The Morgan fingerprint density at radius 2 is 0.923 bits per heavy atom. The molecular formula is C16H14N4O6. The average Bonchev–Trinajstić information content (AvgIpc) is 2.64. The maximum Gasteiger partial charge on any atom is 0.278 e. The second-order valence-electron chi connectivity index (χ2n) is 4.85. The van der Waals surface area contributed by atoms with Crippen LogP contribution < -0.4 is 22.4 Å². The third-order valence-electron chi connectivity index (χ3n) is 3.18. The smallest absolute Gasteiger partial charge is 0.278 e. The van der Waals surface area contributed by atoms with Crippen LogP contribution in [0.4, 0.5) is 0 Å². The van der Waals surface area contributed by atoms with Gasteiger partial charge in [0.2, 0.25) is 11.8 Å². The average molecular weight is 358 g/mol. The maximum atomic E-state index is 11.9. The van der Waals surface area contributed by atoms with Gasteiger partial charge in [-0.1, -0.05) is 34.2 Å². The fourth-order valence-electron chi connectivity index (χ4n) is 2.02. The third-order valence-corrected chi connectivity index (χ3v) is 3.18. The summed E-state index contributed by atoms with van der Waals surface area (Å²) in [4.78, 5) is 55.1. The Hall–Kier alpha value is -3.76. The molecule has 0 heterocycles. The van der Waals surface area contributed by atoms with Crippen LogP contribution in [0.15, 0.2) is 48.5 Å². The molecule has 0 aliphatic rings. The van der Waals surface area contributed by atoms with Crippen molar-refractivity contribution in [1.82, 2.24) is 11.0 Å². The summed E-state index contributed by atoms with van der Waals surface area (Å²) >= 11 is 0. The van der Waals surface area contributed by atoms with E-state index >= 15 is 0 Å². The minimum atomic E-state index is -0.828. The van der Waals surface area contributed by atoms with Crippen LogP contribution in [0, 0.1) is 0 Å². The van der Waals surface area contributed by atoms with Gasteiger partial charge in [0.05, 0.1) is 22.3 Å². The van der Waals surface area contributed by atoms with Crippen molar-refractivity contribution < 1.29 is 29.2 Å². The van der Waals surface area contributed by atoms with Crippen molar-refractivity contribution in [1.29, 1.82) is 0 Å². The summed E-state index contributed by atoms with van der Waals surface area (Å²) in [5.41, 5.74) is 13.9. The largest absolute Gasteiger partial charge is 0.366 e. The molecule has 0 aromatic heterocycles. The molecule has 0 bridgehead atoms. The lowest BCUT2D eigenvalue weighted by atomic mass is 10.1. The lowest BCUT2D eigenvalue weighted by molar-refractivity contribution is -0.352. The fourth-order valence-corrected chi connectivity index (χ4v) is 2.02. The van der Waals surface area contributed by atoms with Crippen LogP contribution in [0.2, 0.25) is 0 Å². The summed E-state index contributed by atoms with van der Waals surface area (Å²) < 4.78 is 0. The molecule has 0 atom stereocenters. The Bertz CT molecular complexity index is 796. The molecule has 0 aliphatic heterocycles. The molecule has 134 valence electrons. The SMILES string of the molecule is NC(=O)c1ccccc1C(=O)NOONC(=O)c1ccccc1C(N)=O. The monoisotopic (exact) mass is 358 g/mol. The van der Waals surface area contributed by atoms with Gasteiger partial charge in [0, 0.05) is 0 Å². The van der Waals surface area contributed by atoms with Crippen LogP contribution in [0.3, 0.4) is 0 Å². The molecule has 6 N–H and O–H groups in total. The van der Waals surface area contributed by atoms with Crippen molar-refractivity contribution in [3.05, 3.63) is 70.8 Å². The van der Waals surface area contributed by atoms with E-state index < -0.39 is 23.6 Å². The van der Waals surface area contributed by atoms with E-state index in [1.54, 1.807) is 0 Å². The summed E-state index contributed by atoms with van der Waals surface area (Å²) in [7, 11) is 0. The normalized spacial score (nSPS) is 10.0. The molecule has 0 saturated heterocycles. The van der Waals surface area contributed by atoms with Gasteiger partial charge in [-0.2, -0.15) is 11.0 Å².